The molecule has 3 heterocycles. The van der Waals surface area contributed by atoms with Crippen LogP contribution in [0.15, 0.2) is 6.20 Å². The summed E-state index contributed by atoms with van der Waals surface area (Å²) in [6.45, 7) is 8.50. The third-order valence-electron chi connectivity index (χ3n) is 4.99. The summed E-state index contributed by atoms with van der Waals surface area (Å²) in [5, 5.41) is 0.695. The minimum Gasteiger partial charge on any atom is -0.375 e. The fourth-order valence-electron chi connectivity index (χ4n) is 3.82. The van der Waals surface area contributed by atoms with Crippen molar-refractivity contribution in [3.8, 4) is 0 Å². The number of likely N-dealkylation sites (tertiary alicyclic amines) is 2. The third kappa shape index (κ3) is 4.82. The minimum atomic E-state index is 0. The van der Waals surface area contributed by atoms with Crippen molar-refractivity contribution in [3.05, 3.63) is 11.1 Å². The molecule has 0 radical (unpaired) electrons. The number of aromatic nitrogens is 1. The fraction of sp³-hybridized carbons (Fsp3) is 0.812. The molecule has 22 heavy (non-hydrogen) atoms. The molecule has 2 fully saturated rings. The molecule has 1 aromatic heterocycles. The van der Waals surface area contributed by atoms with Gasteiger partial charge in [0.15, 0.2) is 5.13 Å². The first-order chi connectivity index (χ1) is 10.2. The van der Waals surface area contributed by atoms with E-state index in [-0.39, 0.29) is 12.4 Å². The van der Waals surface area contributed by atoms with E-state index in [2.05, 4.69) is 21.7 Å². The van der Waals surface area contributed by atoms with Gasteiger partial charge in [0.1, 0.15) is 0 Å². The number of nitrogens with two attached hydrogens (primary N) is 1. The molecular weight excluding hydrogens is 316 g/mol. The summed E-state index contributed by atoms with van der Waals surface area (Å²) >= 11 is 1.63. The second kappa shape index (κ2) is 8.48. The van der Waals surface area contributed by atoms with Crippen molar-refractivity contribution in [1.29, 1.82) is 0 Å². The average Bonchev–Trinajstić information content (AvgIpc) is 2.87. The fourth-order valence-corrected chi connectivity index (χ4v) is 4.55. The highest BCUT2D eigenvalue weighted by Crippen LogP contribution is 2.25. The molecule has 1 aromatic rings. The van der Waals surface area contributed by atoms with Crippen molar-refractivity contribution in [1.82, 2.24) is 14.8 Å². The topological polar surface area (TPSA) is 45.4 Å². The van der Waals surface area contributed by atoms with Crippen molar-refractivity contribution in [3.63, 3.8) is 0 Å². The Labute approximate surface area is 144 Å². The predicted octanol–water partition coefficient (Wildman–Crippen LogP) is 3.23. The van der Waals surface area contributed by atoms with Gasteiger partial charge in [0.05, 0.1) is 0 Å². The normalized spacial score (nSPS) is 27.5. The Bertz CT molecular complexity index is 453. The number of anilines is 1. The monoisotopic (exact) mass is 344 g/mol. The summed E-state index contributed by atoms with van der Waals surface area (Å²) in [7, 11) is 0. The first-order valence-corrected chi connectivity index (χ1v) is 9.19. The molecule has 0 aliphatic carbocycles. The molecule has 2 aliphatic heterocycles. The number of piperidine rings is 2. The molecular formula is C16H29ClN4S. The van der Waals surface area contributed by atoms with Gasteiger partial charge in [0.2, 0.25) is 0 Å². The standard InChI is InChI=1S/C16H28N4S.ClH/c1-13-5-2-3-8-20(13)11-14-6-4-7-19(10-14)12-15-9-18-16(17)21-15;/h9,13-14H,2-8,10-12H2,1H3,(H2,17,18);1H. The zero-order chi connectivity index (χ0) is 14.7. The minimum absolute atomic E-state index is 0. The number of rotatable bonds is 4. The Morgan fingerprint density at radius 1 is 1.27 bits per heavy atom. The van der Waals surface area contributed by atoms with Crippen LogP contribution in [0.1, 0.15) is 43.9 Å². The zero-order valence-corrected chi connectivity index (χ0v) is 15.2. The molecule has 2 unspecified atom stereocenters. The van der Waals surface area contributed by atoms with Gasteiger partial charge in [-0.3, -0.25) is 4.90 Å². The van der Waals surface area contributed by atoms with Gasteiger partial charge in [-0.25, -0.2) is 4.98 Å². The molecule has 126 valence electrons. The van der Waals surface area contributed by atoms with Crippen LogP contribution in [0.2, 0.25) is 0 Å². The highest BCUT2D eigenvalue weighted by atomic mass is 35.5. The van der Waals surface area contributed by atoms with E-state index in [1.807, 2.05) is 6.20 Å². The average molecular weight is 345 g/mol. The summed E-state index contributed by atoms with van der Waals surface area (Å²) < 4.78 is 0. The van der Waals surface area contributed by atoms with Gasteiger partial charge in [-0.15, -0.1) is 23.7 Å². The van der Waals surface area contributed by atoms with Gasteiger partial charge in [-0.1, -0.05) is 6.42 Å². The number of halogens is 1. The zero-order valence-electron chi connectivity index (χ0n) is 13.5. The van der Waals surface area contributed by atoms with Crippen LogP contribution in [-0.2, 0) is 6.54 Å². The van der Waals surface area contributed by atoms with Crippen molar-refractivity contribution < 1.29 is 0 Å². The summed E-state index contributed by atoms with van der Waals surface area (Å²) in [5.41, 5.74) is 5.73. The Balaban J connectivity index is 0.00000176. The Hall–Kier alpha value is -0.360. The molecule has 2 N–H and O–H groups in total. The van der Waals surface area contributed by atoms with Crippen LogP contribution in [-0.4, -0.2) is 47.0 Å². The van der Waals surface area contributed by atoms with Gasteiger partial charge < -0.3 is 10.6 Å². The molecule has 2 saturated heterocycles. The van der Waals surface area contributed by atoms with E-state index < -0.39 is 0 Å². The molecule has 0 aromatic carbocycles. The maximum absolute atomic E-state index is 5.73. The molecule has 0 amide bonds. The van der Waals surface area contributed by atoms with E-state index in [1.54, 1.807) is 11.3 Å². The van der Waals surface area contributed by atoms with Crippen LogP contribution < -0.4 is 5.73 Å². The predicted molar refractivity (Wildman–Crippen MR) is 96.7 cm³/mol. The smallest absolute Gasteiger partial charge is 0.180 e. The third-order valence-corrected chi connectivity index (χ3v) is 5.80. The molecule has 2 atom stereocenters. The lowest BCUT2D eigenvalue weighted by Crippen LogP contribution is -2.45. The summed E-state index contributed by atoms with van der Waals surface area (Å²) in [5.74, 6) is 0.838. The lowest BCUT2D eigenvalue weighted by atomic mass is 9.95. The van der Waals surface area contributed by atoms with E-state index in [0.717, 1.165) is 18.5 Å². The number of hydrogen-bond acceptors (Lipinski definition) is 5. The van der Waals surface area contributed by atoms with Crippen LogP contribution in [0.4, 0.5) is 5.13 Å². The molecule has 0 saturated carbocycles. The number of nitrogens with zero attached hydrogens (tertiary/aromatic N) is 3. The Kier molecular flexibility index (Phi) is 6.93. The van der Waals surface area contributed by atoms with E-state index in [4.69, 9.17) is 5.73 Å². The van der Waals surface area contributed by atoms with Crippen LogP contribution in [0.5, 0.6) is 0 Å². The molecule has 2 aliphatic rings. The SMILES string of the molecule is CC1CCCCN1CC1CCCN(Cc2cnc(N)s2)C1.Cl. The van der Waals surface area contributed by atoms with Crippen LogP contribution in [0, 0.1) is 5.92 Å². The largest absolute Gasteiger partial charge is 0.375 e. The number of hydrogen-bond donors (Lipinski definition) is 1. The number of nitrogen functional groups attached to an aromatic ring is 1. The maximum Gasteiger partial charge on any atom is 0.180 e. The van der Waals surface area contributed by atoms with Crippen molar-refractivity contribution >= 4 is 28.9 Å². The van der Waals surface area contributed by atoms with E-state index in [0.29, 0.717) is 5.13 Å². The summed E-state index contributed by atoms with van der Waals surface area (Å²) in [6.07, 6.45) is 8.86. The first kappa shape index (κ1) is 18.0. The summed E-state index contributed by atoms with van der Waals surface area (Å²) in [4.78, 5) is 10.8. The molecule has 0 bridgehead atoms. The summed E-state index contributed by atoms with van der Waals surface area (Å²) in [6, 6.07) is 0.787. The quantitative estimate of drug-likeness (QED) is 0.910. The van der Waals surface area contributed by atoms with Crippen molar-refractivity contribution in [2.45, 2.75) is 51.6 Å². The highest BCUT2D eigenvalue weighted by molar-refractivity contribution is 7.15. The van der Waals surface area contributed by atoms with Gasteiger partial charge in [-0.2, -0.15) is 0 Å². The first-order valence-electron chi connectivity index (χ1n) is 8.37. The van der Waals surface area contributed by atoms with E-state index >= 15 is 0 Å². The lowest BCUT2D eigenvalue weighted by Gasteiger charge is -2.39. The number of thiazole rings is 1. The van der Waals surface area contributed by atoms with Crippen molar-refractivity contribution in [2.24, 2.45) is 5.92 Å². The lowest BCUT2D eigenvalue weighted by molar-refractivity contribution is 0.0916. The second-order valence-electron chi connectivity index (χ2n) is 6.75. The van der Waals surface area contributed by atoms with Gasteiger partial charge in [-0.05, 0) is 51.6 Å². The van der Waals surface area contributed by atoms with Crippen molar-refractivity contribution in [2.75, 3.05) is 31.9 Å². The Morgan fingerprint density at radius 2 is 2.14 bits per heavy atom. The molecule has 4 nitrogen and oxygen atoms in total. The second-order valence-corrected chi connectivity index (χ2v) is 7.89. The van der Waals surface area contributed by atoms with Gasteiger partial charge in [0.25, 0.3) is 0 Å². The maximum atomic E-state index is 5.73. The molecule has 6 heteroatoms. The Morgan fingerprint density at radius 3 is 2.86 bits per heavy atom. The molecule has 0 spiro atoms. The van der Waals surface area contributed by atoms with Crippen LogP contribution in [0.3, 0.4) is 0 Å². The van der Waals surface area contributed by atoms with Gasteiger partial charge >= 0.3 is 0 Å². The van der Waals surface area contributed by atoms with E-state index in [1.165, 1.54) is 63.2 Å². The van der Waals surface area contributed by atoms with E-state index in [9.17, 15) is 0 Å². The molecule has 3 rings (SSSR count). The van der Waals surface area contributed by atoms with Crippen LogP contribution in [0.25, 0.3) is 0 Å². The van der Waals surface area contributed by atoms with Gasteiger partial charge in [0, 0.05) is 36.8 Å². The van der Waals surface area contributed by atoms with Crippen LogP contribution >= 0.6 is 23.7 Å². The highest BCUT2D eigenvalue weighted by Gasteiger charge is 2.25.